The minimum atomic E-state index is -0.542. The van der Waals surface area contributed by atoms with Gasteiger partial charge in [0.2, 0.25) is 0 Å². The molecule has 80 valence electrons. The molecule has 0 aliphatic carbocycles. The van der Waals surface area contributed by atoms with Gasteiger partial charge in [0.15, 0.2) is 0 Å². The van der Waals surface area contributed by atoms with Gasteiger partial charge >= 0.3 is 0 Å². The summed E-state index contributed by atoms with van der Waals surface area (Å²) in [6.45, 7) is 2.88. The zero-order chi connectivity index (χ0) is 10.9. The molecule has 1 atom stereocenters. The molecule has 0 heterocycles. The third-order valence-electron chi connectivity index (χ3n) is 1.79. The van der Waals surface area contributed by atoms with E-state index in [-0.39, 0.29) is 0 Å². The second-order valence-corrected chi connectivity index (χ2v) is 3.29. The lowest BCUT2D eigenvalue weighted by molar-refractivity contribution is 0.126. The van der Waals surface area contributed by atoms with Crippen LogP contribution in [0.25, 0.3) is 0 Å². The van der Waals surface area contributed by atoms with Gasteiger partial charge in [-0.15, -0.1) is 0 Å². The highest BCUT2D eigenvalue weighted by atomic mass is 16.5. The maximum atomic E-state index is 8.87. The van der Waals surface area contributed by atoms with Gasteiger partial charge < -0.3 is 9.84 Å². The molecule has 0 saturated carbocycles. The van der Waals surface area contributed by atoms with Crippen LogP contribution in [-0.4, -0.2) is 17.8 Å². The van der Waals surface area contributed by atoms with Crippen LogP contribution in [0.4, 0.5) is 0 Å². The van der Waals surface area contributed by atoms with Crippen LogP contribution >= 0.6 is 0 Å². The summed E-state index contributed by atoms with van der Waals surface area (Å²) in [5.41, 5.74) is 1.17. The van der Waals surface area contributed by atoms with Gasteiger partial charge in [0.1, 0.15) is 6.10 Å². The van der Waals surface area contributed by atoms with E-state index in [1.54, 1.807) is 6.92 Å². The molecule has 0 aliphatic heterocycles. The van der Waals surface area contributed by atoms with Gasteiger partial charge in [0.25, 0.3) is 0 Å². The number of aliphatic hydroxyl groups is 1. The monoisotopic (exact) mass is 204 g/mol. The van der Waals surface area contributed by atoms with Crippen molar-refractivity contribution in [1.29, 1.82) is 0 Å². The molecule has 1 aromatic rings. The maximum Gasteiger partial charge on any atom is 0.111 e. The van der Waals surface area contributed by atoms with Crippen LogP contribution in [0.1, 0.15) is 18.9 Å². The fourth-order valence-electron chi connectivity index (χ4n) is 1.11. The normalized spacial score (nSPS) is 11.6. The largest absolute Gasteiger partial charge is 0.381 e. The van der Waals surface area contributed by atoms with E-state index in [4.69, 9.17) is 9.84 Å². The fraction of sp³-hybridized carbons (Fsp3) is 0.385. The zero-order valence-corrected chi connectivity index (χ0v) is 8.94. The molecule has 1 aromatic carbocycles. The Bertz CT molecular complexity index is 319. The second-order valence-electron chi connectivity index (χ2n) is 3.29. The van der Waals surface area contributed by atoms with Gasteiger partial charge in [-0.1, -0.05) is 42.2 Å². The van der Waals surface area contributed by atoms with Gasteiger partial charge in [-0.3, -0.25) is 0 Å². The highest BCUT2D eigenvalue weighted by Crippen LogP contribution is 2.00. The molecule has 0 spiro atoms. The van der Waals surface area contributed by atoms with Crippen LogP contribution < -0.4 is 0 Å². The van der Waals surface area contributed by atoms with Crippen molar-refractivity contribution >= 4 is 0 Å². The van der Waals surface area contributed by atoms with E-state index in [9.17, 15) is 0 Å². The van der Waals surface area contributed by atoms with E-state index in [0.717, 1.165) is 0 Å². The Hall–Kier alpha value is -1.30. The SMILES string of the molecule is CC(O)C#CCCOCc1ccccc1. The highest BCUT2D eigenvalue weighted by Gasteiger charge is 1.90. The number of ether oxygens (including phenoxy) is 1. The van der Waals surface area contributed by atoms with Crippen molar-refractivity contribution in [3.05, 3.63) is 35.9 Å². The molecule has 1 unspecified atom stereocenters. The van der Waals surface area contributed by atoms with Crippen molar-refractivity contribution in [3.63, 3.8) is 0 Å². The van der Waals surface area contributed by atoms with Crippen molar-refractivity contribution in [2.75, 3.05) is 6.61 Å². The minimum absolute atomic E-state index is 0.542. The van der Waals surface area contributed by atoms with Crippen LogP contribution in [0.15, 0.2) is 30.3 Å². The van der Waals surface area contributed by atoms with Gasteiger partial charge in [-0.2, -0.15) is 0 Å². The summed E-state index contributed by atoms with van der Waals surface area (Å²) in [5, 5.41) is 8.87. The summed E-state index contributed by atoms with van der Waals surface area (Å²) >= 11 is 0. The molecule has 0 bridgehead atoms. The summed E-state index contributed by atoms with van der Waals surface area (Å²) in [7, 11) is 0. The van der Waals surface area contributed by atoms with Crippen molar-refractivity contribution in [2.45, 2.75) is 26.1 Å². The average Bonchev–Trinajstić information content (AvgIpc) is 2.24. The number of hydrogen-bond acceptors (Lipinski definition) is 2. The molecule has 0 aliphatic rings. The predicted molar refractivity (Wildman–Crippen MR) is 60.2 cm³/mol. The first-order valence-electron chi connectivity index (χ1n) is 5.07. The van der Waals surface area contributed by atoms with Crippen LogP contribution in [0.5, 0.6) is 0 Å². The number of benzene rings is 1. The molecule has 15 heavy (non-hydrogen) atoms. The van der Waals surface area contributed by atoms with Gasteiger partial charge in [-0.05, 0) is 12.5 Å². The summed E-state index contributed by atoms with van der Waals surface area (Å²) in [5.74, 6) is 5.52. The molecule has 0 saturated heterocycles. The molecule has 0 aromatic heterocycles. The number of hydrogen-bond donors (Lipinski definition) is 1. The molecule has 2 heteroatoms. The Morgan fingerprint density at radius 3 is 2.73 bits per heavy atom. The smallest absolute Gasteiger partial charge is 0.111 e. The molecular formula is C13H16O2. The molecular weight excluding hydrogens is 188 g/mol. The van der Waals surface area contributed by atoms with Crippen LogP contribution in [0.3, 0.4) is 0 Å². The van der Waals surface area contributed by atoms with Gasteiger partial charge in [-0.25, -0.2) is 0 Å². The first-order valence-corrected chi connectivity index (χ1v) is 5.07. The van der Waals surface area contributed by atoms with Crippen molar-refractivity contribution in [1.82, 2.24) is 0 Å². The standard InChI is InChI=1S/C13H16O2/c1-12(14)7-5-6-10-15-11-13-8-3-2-4-9-13/h2-4,8-9,12,14H,6,10-11H2,1H3. The van der Waals surface area contributed by atoms with E-state index in [1.807, 2.05) is 30.3 Å². The molecule has 1 N–H and O–H groups in total. The molecule has 0 radical (unpaired) electrons. The van der Waals surface area contributed by atoms with Crippen molar-refractivity contribution in [2.24, 2.45) is 0 Å². The Balaban J connectivity index is 2.11. The van der Waals surface area contributed by atoms with Crippen LogP contribution in [0, 0.1) is 11.8 Å². The summed E-state index contributed by atoms with van der Waals surface area (Å²) in [4.78, 5) is 0. The molecule has 2 nitrogen and oxygen atoms in total. The summed E-state index contributed by atoms with van der Waals surface area (Å²) in [6.07, 6.45) is 0.122. The third-order valence-corrected chi connectivity index (χ3v) is 1.79. The van der Waals surface area contributed by atoms with Gasteiger partial charge in [0, 0.05) is 6.42 Å². The Morgan fingerprint density at radius 1 is 1.33 bits per heavy atom. The van der Waals surface area contributed by atoms with E-state index >= 15 is 0 Å². The van der Waals surface area contributed by atoms with E-state index < -0.39 is 6.10 Å². The minimum Gasteiger partial charge on any atom is -0.381 e. The van der Waals surface area contributed by atoms with Crippen molar-refractivity contribution < 1.29 is 9.84 Å². The van der Waals surface area contributed by atoms with Crippen LogP contribution in [-0.2, 0) is 11.3 Å². The number of aliphatic hydroxyl groups excluding tert-OH is 1. The fourth-order valence-corrected chi connectivity index (χ4v) is 1.11. The topological polar surface area (TPSA) is 29.5 Å². The molecule has 0 amide bonds. The van der Waals surface area contributed by atoms with Crippen molar-refractivity contribution in [3.8, 4) is 11.8 Å². The molecule has 1 rings (SSSR count). The van der Waals surface area contributed by atoms with Crippen LogP contribution in [0.2, 0.25) is 0 Å². The average molecular weight is 204 g/mol. The van der Waals surface area contributed by atoms with E-state index in [0.29, 0.717) is 19.6 Å². The number of rotatable bonds is 4. The lowest BCUT2D eigenvalue weighted by Crippen LogP contribution is -1.96. The van der Waals surface area contributed by atoms with E-state index in [1.165, 1.54) is 5.56 Å². The lowest BCUT2D eigenvalue weighted by Gasteiger charge is -2.01. The van der Waals surface area contributed by atoms with E-state index in [2.05, 4.69) is 11.8 Å². The quantitative estimate of drug-likeness (QED) is 0.600. The highest BCUT2D eigenvalue weighted by molar-refractivity contribution is 5.13. The second kappa shape index (κ2) is 7.05. The van der Waals surface area contributed by atoms with Gasteiger partial charge in [0.05, 0.1) is 13.2 Å². The third kappa shape index (κ3) is 5.90. The predicted octanol–water partition coefficient (Wildman–Crippen LogP) is 1.98. The first kappa shape index (κ1) is 11.8. The zero-order valence-electron chi connectivity index (χ0n) is 8.94. The lowest BCUT2D eigenvalue weighted by atomic mass is 10.2. The Morgan fingerprint density at radius 2 is 2.07 bits per heavy atom. The Kier molecular flexibility index (Phi) is 5.54. The summed E-state index contributed by atoms with van der Waals surface area (Å²) in [6, 6.07) is 10.0. The molecule has 0 fully saturated rings. The Labute approximate surface area is 90.9 Å². The first-order chi connectivity index (χ1) is 7.29. The maximum absolute atomic E-state index is 8.87. The summed E-state index contributed by atoms with van der Waals surface area (Å²) < 4.78 is 5.42.